The van der Waals surface area contributed by atoms with Crippen molar-refractivity contribution in [2.75, 3.05) is 5.32 Å². The van der Waals surface area contributed by atoms with Crippen LogP contribution in [0.15, 0.2) is 42.7 Å². The predicted octanol–water partition coefficient (Wildman–Crippen LogP) is 4.98. The molecule has 3 heteroatoms. The number of anilines is 1. The van der Waals surface area contributed by atoms with Crippen molar-refractivity contribution in [2.45, 2.75) is 39.7 Å². The molecule has 0 saturated heterocycles. The number of pyridine rings is 1. The zero-order valence-electron chi connectivity index (χ0n) is 12.9. The molecular weight excluding hydrogens is 280 g/mol. The maximum absolute atomic E-state index is 6.35. The first kappa shape index (κ1) is 15.8. The highest BCUT2D eigenvalue weighted by atomic mass is 35.5. The largest absolute Gasteiger partial charge is 0.382 e. The average Bonchev–Trinajstić information content (AvgIpc) is 2.42. The van der Waals surface area contributed by atoms with Gasteiger partial charge >= 0.3 is 0 Å². The minimum Gasteiger partial charge on any atom is -0.382 e. The third-order valence-electron chi connectivity index (χ3n) is 3.40. The zero-order chi connectivity index (χ0) is 15.2. The van der Waals surface area contributed by atoms with Gasteiger partial charge in [0.1, 0.15) is 0 Å². The number of nitrogens with zero attached hydrogens (tertiary/aromatic N) is 1. The fourth-order valence-corrected chi connectivity index (χ4v) is 2.77. The van der Waals surface area contributed by atoms with Gasteiger partial charge in [-0.25, -0.2) is 0 Å². The molecule has 21 heavy (non-hydrogen) atoms. The summed E-state index contributed by atoms with van der Waals surface area (Å²) in [6.07, 6.45) is 5.80. The van der Waals surface area contributed by atoms with Gasteiger partial charge in [0.05, 0.1) is 10.7 Å². The highest BCUT2D eigenvalue weighted by molar-refractivity contribution is 6.33. The van der Waals surface area contributed by atoms with E-state index in [1.807, 2.05) is 12.4 Å². The summed E-state index contributed by atoms with van der Waals surface area (Å²) < 4.78 is 0. The zero-order valence-corrected chi connectivity index (χ0v) is 13.7. The van der Waals surface area contributed by atoms with Crippen LogP contribution < -0.4 is 5.32 Å². The minimum absolute atomic E-state index is 0.388. The van der Waals surface area contributed by atoms with Gasteiger partial charge in [-0.1, -0.05) is 24.6 Å². The van der Waals surface area contributed by atoms with Gasteiger partial charge in [-0.3, -0.25) is 4.98 Å². The third-order valence-corrected chi connectivity index (χ3v) is 3.71. The predicted molar refractivity (Wildman–Crippen MR) is 91.0 cm³/mol. The molecule has 1 aromatic heterocycles. The molecule has 1 heterocycles. The van der Waals surface area contributed by atoms with Gasteiger partial charge in [0.15, 0.2) is 0 Å². The average molecular weight is 303 g/mol. The van der Waals surface area contributed by atoms with Crippen LogP contribution in [-0.2, 0) is 12.8 Å². The van der Waals surface area contributed by atoms with Gasteiger partial charge in [-0.2, -0.15) is 0 Å². The second-order valence-electron chi connectivity index (χ2n) is 5.98. The second kappa shape index (κ2) is 7.46. The van der Waals surface area contributed by atoms with E-state index in [4.69, 9.17) is 11.6 Å². The second-order valence-corrected chi connectivity index (χ2v) is 6.39. The molecule has 1 N–H and O–H groups in total. The summed E-state index contributed by atoms with van der Waals surface area (Å²) in [7, 11) is 0. The molecule has 0 radical (unpaired) electrons. The summed E-state index contributed by atoms with van der Waals surface area (Å²) in [5.74, 6) is 0.576. The molecule has 0 bridgehead atoms. The fraction of sp³-hybridized carbons (Fsp3) is 0.389. The highest BCUT2D eigenvalue weighted by Crippen LogP contribution is 2.25. The molecule has 1 unspecified atom stereocenters. The van der Waals surface area contributed by atoms with Gasteiger partial charge in [0, 0.05) is 18.4 Å². The Kier molecular flexibility index (Phi) is 5.63. The van der Waals surface area contributed by atoms with Crippen LogP contribution in [0.4, 0.5) is 5.69 Å². The van der Waals surface area contributed by atoms with E-state index in [1.165, 1.54) is 11.1 Å². The van der Waals surface area contributed by atoms with Gasteiger partial charge in [0.25, 0.3) is 0 Å². The number of nitrogens with one attached hydrogen (secondary N) is 1. The Morgan fingerprint density at radius 1 is 1.00 bits per heavy atom. The smallest absolute Gasteiger partial charge is 0.0640 e. The van der Waals surface area contributed by atoms with Crippen molar-refractivity contribution in [1.29, 1.82) is 0 Å². The van der Waals surface area contributed by atoms with E-state index in [-0.39, 0.29) is 0 Å². The SMILES string of the molecule is CC(Cc1ccncc1)Cc1ccc(NC(C)C)c(Cl)c1. The number of hydrogen-bond acceptors (Lipinski definition) is 2. The summed E-state index contributed by atoms with van der Waals surface area (Å²) in [5.41, 5.74) is 3.63. The Bertz CT molecular complexity index is 567. The highest BCUT2D eigenvalue weighted by Gasteiger charge is 2.08. The molecule has 0 aliphatic heterocycles. The van der Waals surface area contributed by atoms with Gasteiger partial charge in [-0.15, -0.1) is 0 Å². The summed E-state index contributed by atoms with van der Waals surface area (Å²) >= 11 is 6.35. The standard InChI is InChI=1S/C18H23ClN2/c1-13(2)21-18-5-4-16(12-17(18)19)11-14(3)10-15-6-8-20-9-7-15/h4-9,12-14,21H,10-11H2,1-3H3. The van der Waals surface area contributed by atoms with E-state index in [9.17, 15) is 0 Å². The van der Waals surface area contributed by atoms with Crippen LogP contribution in [0.25, 0.3) is 0 Å². The summed E-state index contributed by atoms with van der Waals surface area (Å²) in [4.78, 5) is 4.06. The molecule has 0 spiro atoms. The van der Waals surface area contributed by atoms with E-state index >= 15 is 0 Å². The molecule has 0 amide bonds. The normalized spacial score (nSPS) is 12.4. The minimum atomic E-state index is 0.388. The lowest BCUT2D eigenvalue weighted by molar-refractivity contribution is 0.577. The first-order valence-electron chi connectivity index (χ1n) is 7.48. The lowest BCUT2D eigenvalue weighted by Crippen LogP contribution is -2.10. The van der Waals surface area contributed by atoms with Crippen LogP contribution in [0.1, 0.15) is 31.9 Å². The maximum Gasteiger partial charge on any atom is 0.0640 e. The van der Waals surface area contributed by atoms with Crippen LogP contribution in [0.2, 0.25) is 5.02 Å². The van der Waals surface area contributed by atoms with E-state index in [2.05, 4.69) is 61.4 Å². The number of aromatic nitrogens is 1. The van der Waals surface area contributed by atoms with Crippen molar-refractivity contribution in [3.63, 3.8) is 0 Å². The Morgan fingerprint density at radius 3 is 2.29 bits per heavy atom. The molecule has 0 fully saturated rings. The number of halogens is 1. The Labute approximate surface area is 132 Å². The van der Waals surface area contributed by atoms with Crippen molar-refractivity contribution in [3.8, 4) is 0 Å². The van der Waals surface area contributed by atoms with Crippen LogP contribution in [0.3, 0.4) is 0 Å². The summed E-state index contributed by atoms with van der Waals surface area (Å²) in [6, 6.07) is 10.9. The monoisotopic (exact) mass is 302 g/mol. The lowest BCUT2D eigenvalue weighted by atomic mass is 9.94. The first-order valence-corrected chi connectivity index (χ1v) is 7.86. The van der Waals surface area contributed by atoms with Crippen LogP contribution in [0.5, 0.6) is 0 Å². The van der Waals surface area contributed by atoms with Crippen molar-refractivity contribution in [3.05, 3.63) is 58.9 Å². The van der Waals surface area contributed by atoms with E-state index in [0.29, 0.717) is 12.0 Å². The Hall–Kier alpha value is -1.54. The van der Waals surface area contributed by atoms with Crippen LogP contribution >= 0.6 is 11.6 Å². The molecule has 1 atom stereocenters. The maximum atomic E-state index is 6.35. The molecule has 1 aromatic carbocycles. The molecule has 0 saturated carbocycles. The fourth-order valence-electron chi connectivity index (χ4n) is 2.51. The molecule has 2 rings (SSSR count). The van der Waals surface area contributed by atoms with E-state index in [1.54, 1.807) is 0 Å². The summed E-state index contributed by atoms with van der Waals surface area (Å²) in [6.45, 7) is 6.50. The van der Waals surface area contributed by atoms with Gasteiger partial charge in [-0.05, 0) is 68.0 Å². The van der Waals surface area contributed by atoms with Crippen LogP contribution in [0, 0.1) is 5.92 Å². The molecule has 112 valence electrons. The third kappa shape index (κ3) is 5.05. The van der Waals surface area contributed by atoms with E-state index in [0.717, 1.165) is 23.6 Å². The Balaban J connectivity index is 1.98. The topological polar surface area (TPSA) is 24.9 Å². The molecular formula is C18H23ClN2. The van der Waals surface area contributed by atoms with Crippen LogP contribution in [-0.4, -0.2) is 11.0 Å². The number of hydrogen-bond donors (Lipinski definition) is 1. The number of benzene rings is 1. The summed E-state index contributed by atoms with van der Waals surface area (Å²) in [5, 5.41) is 4.16. The van der Waals surface area contributed by atoms with Gasteiger partial charge in [0.2, 0.25) is 0 Å². The van der Waals surface area contributed by atoms with Crippen molar-refractivity contribution in [1.82, 2.24) is 4.98 Å². The van der Waals surface area contributed by atoms with Crippen molar-refractivity contribution < 1.29 is 0 Å². The molecule has 0 aliphatic carbocycles. The molecule has 2 nitrogen and oxygen atoms in total. The number of rotatable bonds is 6. The quantitative estimate of drug-likeness (QED) is 0.814. The van der Waals surface area contributed by atoms with E-state index < -0.39 is 0 Å². The first-order chi connectivity index (χ1) is 10.0. The van der Waals surface area contributed by atoms with Crippen molar-refractivity contribution >= 4 is 17.3 Å². The molecule has 2 aromatic rings. The van der Waals surface area contributed by atoms with Crippen molar-refractivity contribution in [2.24, 2.45) is 5.92 Å². The lowest BCUT2D eigenvalue weighted by Gasteiger charge is -2.15. The molecule has 0 aliphatic rings. The Morgan fingerprint density at radius 2 is 1.67 bits per heavy atom. The van der Waals surface area contributed by atoms with Gasteiger partial charge < -0.3 is 5.32 Å².